The Balaban J connectivity index is 1.75. The summed E-state index contributed by atoms with van der Waals surface area (Å²) >= 11 is 0. The number of ether oxygens (including phenoxy) is 3. The summed E-state index contributed by atoms with van der Waals surface area (Å²) in [6.45, 7) is 5.46. The Morgan fingerprint density at radius 1 is 1.21 bits per heavy atom. The molecular weight excluding hydrogens is 312 g/mol. The summed E-state index contributed by atoms with van der Waals surface area (Å²) < 4.78 is 16.5. The number of carbonyl (C=O) groups is 3. The number of fused-ring (bicyclic) bond motifs is 2. The molecule has 0 amide bonds. The van der Waals surface area contributed by atoms with E-state index in [0.717, 1.165) is 25.7 Å². The quantitative estimate of drug-likeness (QED) is 0.578. The first-order valence-electron chi connectivity index (χ1n) is 8.93. The average Bonchev–Trinajstić information content (AvgIpc) is 3.08. The van der Waals surface area contributed by atoms with Crippen LogP contribution in [0, 0.1) is 17.8 Å². The highest BCUT2D eigenvalue weighted by Gasteiger charge is 2.54. The first-order valence-corrected chi connectivity index (χ1v) is 8.93. The smallest absolute Gasteiger partial charge is 0.310 e. The fourth-order valence-electron chi connectivity index (χ4n) is 4.40. The van der Waals surface area contributed by atoms with Crippen LogP contribution in [0.5, 0.6) is 0 Å². The molecule has 134 valence electrons. The van der Waals surface area contributed by atoms with E-state index in [4.69, 9.17) is 14.2 Å². The van der Waals surface area contributed by atoms with Crippen molar-refractivity contribution in [1.29, 1.82) is 0 Å². The lowest BCUT2D eigenvalue weighted by Crippen LogP contribution is -2.45. The Kier molecular flexibility index (Phi) is 4.58. The summed E-state index contributed by atoms with van der Waals surface area (Å²) in [5, 5.41) is 0. The minimum atomic E-state index is -0.586. The van der Waals surface area contributed by atoms with Crippen molar-refractivity contribution in [3.8, 4) is 0 Å². The molecule has 3 rings (SSSR count). The lowest BCUT2D eigenvalue weighted by atomic mass is 9.78. The fourth-order valence-corrected chi connectivity index (χ4v) is 4.40. The predicted molar refractivity (Wildman–Crippen MR) is 83.8 cm³/mol. The molecule has 4 unspecified atom stereocenters. The molecule has 6 heteroatoms. The Bertz CT molecular complexity index is 534. The van der Waals surface area contributed by atoms with Gasteiger partial charge in [-0.1, -0.05) is 13.8 Å². The Morgan fingerprint density at radius 3 is 2.46 bits per heavy atom. The van der Waals surface area contributed by atoms with Crippen molar-refractivity contribution < 1.29 is 28.6 Å². The van der Waals surface area contributed by atoms with E-state index in [0.29, 0.717) is 12.8 Å². The van der Waals surface area contributed by atoms with Crippen LogP contribution in [-0.4, -0.2) is 35.7 Å². The standard InChI is InChI=1S/C18H26O6/c1-10(2)18(6-4-5-7-18)24-17(21)13-9-14(22-11(3)19)15-8-12(13)16(20)23-15/h10,12-15H,4-9H2,1-3H3. The molecule has 0 N–H and O–H groups in total. The molecule has 0 radical (unpaired) electrons. The van der Waals surface area contributed by atoms with Crippen LogP contribution in [0.25, 0.3) is 0 Å². The third-order valence-electron chi connectivity index (χ3n) is 5.87. The van der Waals surface area contributed by atoms with Gasteiger partial charge in [0.2, 0.25) is 0 Å². The predicted octanol–water partition coefficient (Wildman–Crippen LogP) is 2.38. The zero-order valence-electron chi connectivity index (χ0n) is 14.6. The molecular formula is C18H26O6. The van der Waals surface area contributed by atoms with Crippen molar-refractivity contribution in [3.05, 3.63) is 0 Å². The van der Waals surface area contributed by atoms with Crippen molar-refractivity contribution in [2.24, 2.45) is 17.8 Å². The maximum atomic E-state index is 12.9. The highest BCUT2D eigenvalue weighted by atomic mass is 16.6. The van der Waals surface area contributed by atoms with Crippen molar-refractivity contribution in [2.45, 2.75) is 77.1 Å². The molecule has 0 spiro atoms. The zero-order valence-corrected chi connectivity index (χ0v) is 14.6. The summed E-state index contributed by atoms with van der Waals surface area (Å²) in [5.74, 6) is -1.97. The van der Waals surface area contributed by atoms with Crippen LogP contribution in [0.4, 0.5) is 0 Å². The first-order chi connectivity index (χ1) is 11.3. The van der Waals surface area contributed by atoms with Gasteiger partial charge in [0.1, 0.15) is 17.8 Å². The highest BCUT2D eigenvalue weighted by molar-refractivity contribution is 5.84. The molecule has 2 bridgehead atoms. The normalized spacial score (nSPS) is 34.1. The van der Waals surface area contributed by atoms with Crippen molar-refractivity contribution >= 4 is 17.9 Å². The molecule has 0 aromatic heterocycles. The monoisotopic (exact) mass is 338 g/mol. The van der Waals surface area contributed by atoms with E-state index in [1.807, 2.05) is 0 Å². The number of hydrogen-bond donors (Lipinski definition) is 0. The number of carbonyl (C=O) groups excluding carboxylic acids is 3. The second kappa shape index (κ2) is 6.37. The third-order valence-corrected chi connectivity index (χ3v) is 5.87. The molecule has 4 atom stereocenters. The van der Waals surface area contributed by atoms with Gasteiger partial charge in [-0.05, 0) is 31.6 Å². The third kappa shape index (κ3) is 3.03. The molecule has 3 fully saturated rings. The summed E-state index contributed by atoms with van der Waals surface area (Å²) in [7, 11) is 0. The Morgan fingerprint density at radius 2 is 1.88 bits per heavy atom. The van der Waals surface area contributed by atoms with Crippen LogP contribution >= 0.6 is 0 Å². The van der Waals surface area contributed by atoms with Gasteiger partial charge in [-0.2, -0.15) is 0 Å². The van der Waals surface area contributed by atoms with E-state index in [1.165, 1.54) is 6.92 Å². The van der Waals surface area contributed by atoms with Crippen molar-refractivity contribution in [1.82, 2.24) is 0 Å². The lowest BCUT2D eigenvalue weighted by molar-refractivity contribution is -0.176. The molecule has 0 aromatic rings. The van der Waals surface area contributed by atoms with Crippen LogP contribution in [0.15, 0.2) is 0 Å². The van der Waals surface area contributed by atoms with E-state index < -0.39 is 35.6 Å². The molecule has 24 heavy (non-hydrogen) atoms. The largest absolute Gasteiger partial charge is 0.459 e. The molecule has 1 aliphatic heterocycles. The van der Waals surface area contributed by atoms with E-state index in [9.17, 15) is 14.4 Å². The summed E-state index contributed by atoms with van der Waals surface area (Å²) in [5.41, 5.74) is -0.423. The van der Waals surface area contributed by atoms with Gasteiger partial charge in [0, 0.05) is 19.8 Å². The molecule has 1 saturated heterocycles. The van der Waals surface area contributed by atoms with Gasteiger partial charge in [0.25, 0.3) is 0 Å². The minimum Gasteiger partial charge on any atom is -0.459 e. The SMILES string of the molecule is CC(=O)OC1CC(C(=O)OC2(C(C)C)CCCC2)C2CC1OC2=O. The topological polar surface area (TPSA) is 78.9 Å². The van der Waals surface area contributed by atoms with Crippen molar-refractivity contribution in [3.63, 3.8) is 0 Å². The highest BCUT2D eigenvalue weighted by Crippen LogP contribution is 2.44. The van der Waals surface area contributed by atoms with Crippen LogP contribution in [-0.2, 0) is 28.6 Å². The molecule has 2 aliphatic carbocycles. The maximum absolute atomic E-state index is 12.9. The average molecular weight is 338 g/mol. The number of rotatable bonds is 4. The van der Waals surface area contributed by atoms with Gasteiger partial charge in [0.15, 0.2) is 0 Å². The van der Waals surface area contributed by atoms with Gasteiger partial charge < -0.3 is 14.2 Å². The second-order valence-corrected chi connectivity index (χ2v) is 7.66. The van der Waals surface area contributed by atoms with Crippen LogP contribution in [0.1, 0.15) is 59.3 Å². The number of hydrogen-bond acceptors (Lipinski definition) is 6. The van der Waals surface area contributed by atoms with Gasteiger partial charge >= 0.3 is 17.9 Å². The lowest BCUT2D eigenvalue weighted by Gasteiger charge is -2.36. The molecule has 6 nitrogen and oxygen atoms in total. The van der Waals surface area contributed by atoms with E-state index in [1.54, 1.807) is 0 Å². The summed E-state index contributed by atoms with van der Waals surface area (Å²) in [6.07, 6.45) is 3.59. The van der Waals surface area contributed by atoms with Gasteiger partial charge in [-0.3, -0.25) is 14.4 Å². The Labute approximate surface area is 142 Å². The van der Waals surface area contributed by atoms with Gasteiger partial charge in [-0.25, -0.2) is 0 Å². The van der Waals surface area contributed by atoms with E-state index in [2.05, 4.69) is 13.8 Å². The second-order valence-electron chi connectivity index (χ2n) is 7.66. The minimum absolute atomic E-state index is 0.236. The van der Waals surface area contributed by atoms with Crippen LogP contribution < -0.4 is 0 Å². The fraction of sp³-hybridized carbons (Fsp3) is 0.833. The Hall–Kier alpha value is -1.59. The van der Waals surface area contributed by atoms with Crippen LogP contribution in [0.2, 0.25) is 0 Å². The van der Waals surface area contributed by atoms with E-state index in [-0.39, 0.29) is 17.9 Å². The van der Waals surface area contributed by atoms with Gasteiger partial charge in [0.05, 0.1) is 11.8 Å². The molecule has 2 saturated carbocycles. The zero-order chi connectivity index (χ0) is 17.5. The molecule has 3 aliphatic rings. The molecule has 0 aromatic carbocycles. The first kappa shape index (κ1) is 17.2. The maximum Gasteiger partial charge on any atom is 0.310 e. The van der Waals surface area contributed by atoms with Gasteiger partial charge in [-0.15, -0.1) is 0 Å². The summed E-state index contributed by atoms with van der Waals surface area (Å²) in [6, 6.07) is 0. The van der Waals surface area contributed by atoms with Crippen LogP contribution in [0.3, 0.4) is 0 Å². The van der Waals surface area contributed by atoms with E-state index >= 15 is 0 Å². The number of esters is 3. The summed E-state index contributed by atoms with van der Waals surface area (Å²) in [4.78, 5) is 36.2. The molecule has 1 heterocycles. The van der Waals surface area contributed by atoms with Crippen molar-refractivity contribution in [2.75, 3.05) is 0 Å².